The molecule has 0 atom stereocenters. The smallest absolute Gasteiger partial charge is 0.202 e. The van der Waals surface area contributed by atoms with Gasteiger partial charge in [0.05, 0.1) is 19.3 Å². The van der Waals surface area contributed by atoms with Crippen molar-refractivity contribution in [2.45, 2.75) is 13.5 Å². The van der Waals surface area contributed by atoms with Crippen molar-refractivity contribution in [3.05, 3.63) is 71.5 Å². The summed E-state index contributed by atoms with van der Waals surface area (Å²) in [5.74, 6) is 0.744. The van der Waals surface area contributed by atoms with Gasteiger partial charge in [-0.05, 0) is 19.1 Å². The van der Waals surface area contributed by atoms with Crippen molar-refractivity contribution >= 4 is 5.78 Å². The summed E-state index contributed by atoms with van der Waals surface area (Å²) < 4.78 is 8.69. The Kier molecular flexibility index (Phi) is 4.57. The van der Waals surface area contributed by atoms with Crippen molar-refractivity contribution in [3.8, 4) is 17.0 Å². The molecule has 0 aliphatic rings. The zero-order chi connectivity index (χ0) is 18.0. The molecule has 25 heavy (non-hydrogen) atoms. The van der Waals surface area contributed by atoms with E-state index < -0.39 is 0 Å². The normalized spacial score (nSPS) is 10.7. The quantitative estimate of drug-likeness (QED) is 0.728. The first kappa shape index (κ1) is 16.8. The maximum absolute atomic E-state index is 12.5. The second kappa shape index (κ2) is 6.81. The molecule has 0 radical (unpaired) electrons. The number of hydrogen-bond acceptors (Lipinski definition) is 3. The lowest BCUT2D eigenvalue weighted by Crippen LogP contribution is -2.25. The lowest BCUT2D eigenvalue weighted by molar-refractivity contribution is 0.0970. The highest BCUT2D eigenvalue weighted by molar-refractivity contribution is 5.95. The number of nitrogens with one attached hydrogen (secondary N) is 1. The molecule has 3 rings (SSSR count). The monoisotopic (exact) mass is 335 g/mol. The van der Waals surface area contributed by atoms with Gasteiger partial charge in [-0.1, -0.05) is 42.0 Å². The molecule has 0 saturated heterocycles. The second-order valence-electron chi connectivity index (χ2n) is 6.05. The molecule has 0 aliphatic carbocycles. The number of nitrogens with zero attached hydrogens (tertiary/aromatic N) is 2. The molecular formula is C20H21N3O2. The molecule has 5 heteroatoms. The number of hydrogen-bond donors (Lipinski definition) is 1. The summed E-state index contributed by atoms with van der Waals surface area (Å²) in [6.07, 6.45) is 1.84. The van der Waals surface area contributed by atoms with E-state index >= 15 is 0 Å². The topological polar surface area (TPSA) is 60.0 Å². The van der Waals surface area contributed by atoms with E-state index in [-0.39, 0.29) is 17.9 Å². The van der Waals surface area contributed by atoms with Crippen molar-refractivity contribution in [3.63, 3.8) is 0 Å². The Labute approximate surface area is 146 Å². The first-order chi connectivity index (χ1) is 12.0. The van der Waals surface area contributed by atoms with E-state index in [9.17, 15) is 4.79 Å². The van der Waals surface area contributed by atoms with E-state index in [2.05, 4.69) is 0 Å². The number of carbonyl (C=O) groups is 1. The summed E-state index contributed by atoms with van der Waals surface area (Å²) >= 11 is 0. The molecular weight excluding hydrogens is 314 g/mol. The lowest BCUT2D eigenvalue weighted by atomic mass is 10.1. The summed E-state index contributed by atoms with van der Waals surface area (Å²) in [5.41, 5.74) is 3.85. The lowest BCUT2D eigenvalue weighted by Gasteiger charge is -2.04. The van der Waals surface area contributed by atoms with Crippen molar-refractivity contribution < 1.29 is 9.53 Å². The maximum Gasteiger partial charge on any atom is 0.202 e. The Morgan fingerprint density at radius 2 is 1.88 bits per heavy atom. The number of carbonyl (C=O) groups excluding carboxylic acids is 1. The zero-order valence-electron chi connectivity index (χ0n) is 14.6. The van der Waals surface area contributed by atoms with Gasteiger partial charge in [-0.15, -0.1) is 0 Å². The highest BCUT2D eigenvalue weighted by Crippen LogP contribution is 2.22. The molecule has 0 amide bonds. The van der Waals surface area contributed by atoms with E-state index in [1.165, 1.54) is 0 Å². The van der Waals surface area contributed by atoms with E-state index in [4.69, 9.17) is 10.1 Å². The second-order valence-corrected chi connectivity index (χ2v) is 6.05. The first-order valence-electron chi connectivity index (χ1n) is 8.04. The van der Waals surface area contributed by atoms with Gasteiger partial charge in [0.2, 0.25) is 5.62 Å². The number of methoxy groups -OCH3 is 1. The summed E-state index contributed by atoms with van der Waals surface area (Å²) in [4.78, 5) is 12.5. The Bertz CT molecular complexity index is 965. The van der Waals surface area contributed by atoms with Gasteiger partial charge in [0, 0.05) is 24.4 Å². The van der Waals surface area contributed by atoms with Crippen LogP contribution in [-0.4, -0.2) is 22.0 Å². The average Bonchev–Trinajstić information content (AvgIpc) is 2.90. The molecule has 2 aromatic carbocycles. The van der Waals surface area contributed by atoms with Crippen molar-refractivity contribution in [2.24, 2.45) is 7.05 Å². The summed E-state index contributed by atoms with van der Waals surface area (Å²) in [6.45, 7) is 2.13. The zero-order valence-corrected chi connectivity index (χ0v) is 14.6. The Hall–Kier alpha value is -3.08. The number of ketones is 1. The Morgan fingerprint density at radius 1 is 1.16 bits per heavy atom. The highest BCUT2D eigenvalue weighted by atomic mass is 16.5. The third-order valence-electron chi connectivity index (χ3n) is 4.28. The number of Topliss-reactive ketones (excluding diaryl/α,β-unsaturated/α-hetero) is 1. The molecule has 5 nitrogen and oxygen atoms in total. The van der Waals surface area contributed by atoms with Crippen LogP contribution in [0.5, 0.6) is 5.75 Å². The molecule has 0 spiro atoms. The minimum Gasteiger partial charge on any atom is -0.497 e. The van der Waals surface area contributed by atoms with Crippen LogP contribution in [0.15, 0.2) is 54.7 Å². The fourth-order valence-electron chi connectivity index (χ4n) is 2.76. The number of imidazole rings is 1. The number of benzene rings is 2. The number of ether oxygens (including phenoxy) is 1. The van der Waals surface area contributed by atoms with Gasteiger partial charge in [-0.25, -0.2) is 0 Å². The molecule has 0 saturated carbocycles. The fraction of sp³-hybridized carbons (Fsp3) is 0.200. The van der Waals surface area contributed by atoms with Crippen LogP contribution in [0.4, 0.5) is 0 Å². The molecule has 0 aliphatic heterocycles. The van der Waals surface area contributed by atoms with Crippen molar-refractivity contribution in [1.29, 1.82) is 5.41 Å². The van der Waals surface area contributed by atoms with Crippen LogP contribution in [0.25, 0.3) is 11.3 Å². The van der Waals surface area contributed by atoms with E-state index in [0.29, 0.717) is 5.56 Å². The van der Waals surface area contributed by atoms with Crippen LogP contribution in [0.3, 0.4) is 0 Å². The average molecular weight is 335 g/mol. The molecule has 0 fully saturated rings. The molecule has 1 heterocycles. The number of aromatic nitrogens is 2. The predicted molar refractivity (Wildman–Crippen MR) is 96.8 cm³/mol. The van der Waals surface area contributed by atoms with Gasteiger partial charge in [0.25, 0.3) is 0 Å². The maximum atomic E-state index is 12.5. The van der Waals surface area contributed by atoms with Crippen LogP contribution in [0.1, 0.15) is 15.9 Å². The van der Waals surface area contributed by atoms with Crippen LogP contribution in [0, 0.1) is 12.3 Å². The molecule has 1 aromatic heterocycles. The Balaban J connectivity index is 1.92. The van der Waals surface area contributed by atoms with Crippen LogP contribution < -0.4 is 10.4 Å². The van der Waals surface area contributed by atoms with Gasteiger partial charge >= 0.3 is 0 Å². The third kappa shape index (κ3) is 3.40. The molecule has 0 bridgehead atoms. The standard InChI is InChI=1S/C20H21N3O2/c1-14-7-9-15(10-8-14)19(24)13-23-12-18(22(2)20(23)21)16-5-4-6-17(11-16)25-3/h4-12,21H,13H2,1-3H3. The van der Waals surface area contributed by atoms with Gasteiger partial charge in [0.1, 0.15) is 5.75 Å². The number of aryl methyl sites for hydroxylation is 1. The van der Waals surface area contributed by atoms with Gasteiger partial charge < -0.3 is 13.9 Å². The van der Waals surface area contributed by atoms with Crippen LogP contribution >= 0.6 is 0 Å². The third-order valence-corrected chi connectivity index (χ3v) is 4.28. The largest absolute Gasteiger partial charge is 0.497 e. The van der Waals surface area contributed by atoms with Gasteiger partial charge in [-0.2, -0.15) is 0 Å². The predicted octanol–water partition coefficient (Wildman–Crippen LogP) is 3.17. The number of rotatable bonds is 5. The van der Waals surface area contributed by atoms with E-state index in [1.54, 1.807) is 16.2 Å². The van der Waals surface area contributed by atoms with Gasteiger partial charge in [0.15, 0.2) is 5.78 Å². The first-order valence-corrected chi connectivity index (χ1v) is 8.04. The summed E-state index contributed by atoms with van der Waals surface area (Å²) in [7, 11) is 3.45. The van der Waals surface area contributed by atoms with Crippen LogP contribution in [-0.2, 0) is 13.6 Å². The van der Waals surface area contributed by atoms with Gasteiger partial charge in [-0.3, -0.25) is 10.2 Å². The Morgan fingerprint density at radius 3 is 2.56 bits per heavy atom. The summed E-state index contributed by atoms with van der Waals surface area (Å²) in [5, 5.41) is 8.30. The van der Waals surface area contributed by atoms with Crippen LogP contribution in [0.2, 0.25) is 0 Å². The summed E-state index contributed by atoms with van der Waals surface area (Å²) in [6, 6.07) is 15.2. The van der Waals surface area contributed by atoms with Crippen molar-refractivity contribution in [1.82, 2.24) is 9.13 Å². The molecule has 1 N–H and O–H groups in total. The van der Waals surface area contributed by atoms with E-state index in [1.807, 2.05) is 68.7 Å². The minimum absolute atomic E-state index is 0.0127. The molecule has 128 valence electrons. The SMILES string of the molecule is COc1cccc(-c2cn(CC(=O)c3ccc(C)cc3)c(=N)n2C)c1. The fourth-order valence-corrected chi connectivity index (χ4v) is 2.76. The molecule has 0 unspecified atom stereocenters. The van der Waals surface area contributed by atoms with Crippen molar-refractivity contribution in [2.75, 3.05) is 7.11 Å². The van der Waals surface area contributed by atoms with E-state index in [0.717, 1.165) is 22.6 Å². The molecule has 3 aromatic rings. The highest BCUT2D eigenvalue weighted by Gasteiger charge is 2.12. The minimum atomic E-state index is -0.0127.